The summed E-state index contributed by atoms with van der Waals surface area (Å²) in [7, 11) is 1.91. The number of nitrogens with zero attached hydrogens (tertiary/aromatic N) is 3. The van der Waals surface area contributed by atoms with Gasteiger partial charge in [-0.05, 0) is 35.4 Å². The first-order valence-corrected chi connectivity index (χ1v) is 6.77. The number of hydrogen-bond acceptors (Lipinski definition) is 3. The van der Waals surface area contributed by atoms with Crippen LogP contribution in [0.3, 0.4) is 0 Å². The second-order valence-corrected chi connectivity index (χ2v) is 5.48. The number of carbonyl (C=O) groups is 1. The topological polar surface area (TPSA) is 75.6 Å². The van der Waals surface area contributed by atoms with Crippen molar-refractivity contribution in [3.8, 4) is 0 Å². The number of aromatic amines is 1. The molecule has 18 heavy (non-hydrogen) atoms. The Kier molecular flexibility index (Phi) is 2.84. The van der Waals surface area contributed by atoms with Crippen molar-refractivity contribution in [3.05, 3.63) is 27.2 Å². The maximum Gasteiger partial charge on any atom is 0.261 e. The number of aromatic nitrogens is 4. The van der Waals surface area contributed by atoms with Crippen LogP contribution < -0.4 is 5.32 Å². The number of halogens is 1. The number of aryl methyl sites for hydroxylation is 1. The van der Waals surface area contributed by atoms with Crippen molar-refractivity contribution >= 4 is 34.3 Å². The molecule has 0 spiro atoms. The van der Waals surface area contributed by atoms with Crippen molar-refractivity contribution < 1.29 is 4.79 Å². The van der Waals surface area contributed by atoms with Gasteiger partial charge in [0.15, 0.2) is 5.82 Å². The largest absolute Gasteiger partial charge is 0.305 e. The van der Waals surface area contributed by atoms with E-state index in [4.69, 9.17) is 0 Å². The highest BCUT2D eigenvalue weighted by Crippen LogP contribution is 2.40. The Morgan fingerprint density at radius 2 is 2.39 bits per heavy atom. The van der Waals surface area contributed by atoms with E-state index in [-0.39, 0.29) is 5.91 Å². The van der Waals surface area contributed by atoms with Crippen LogP contribution in [0.15, 0.2) is 12.3 Å². The van der Waals surface area contributed by atoms with Crippen LogP contribution in [0.5, 0.6) is 0 Å². The Bertz CT molecular complexity index is 598. The summed E-state index contributed by atoms with van der Waals surface area (Å²) in [4.78, 5) is 12.0. The monoisotopic (exact) mass is 357 g/mol. The minimum Gasteiger partial charge on any atom is -0.305 e. The molecule has 0 atom stereocenters. The lowest BCUT2D eigenvalue weighted by Gasteiger charge is -1.98. The predicted molar refractivity (Wildman–Crippen MR) is 74.4 cm³/mol. The molecule has 0 unspecified atom stereocenters. The molecule has 3 rings (SSSR count). The summed E-state index contributed by atoms with van der Waals surface area (Å²) in [6, 6.07) is 1.95. The standard InChI is InChI=1S/C11H12IN5O/c1-17-8(6-2-3-6)4-9(16-17)14-11(18)7-5-13-15-10(7)12/h4-6H,2-3H2,1H3,(H,13,15)(H,14,16,18). The molecular weight excluding hydrogens is 345 g/mol. The number of carbonyl (C=O) groups excluding carboxylic acids is 1. The molecule has 2 aromatic heterocycles. The number of rotatable bonds is 3. The van der Waals surface area contributed by atoms with Crippen LogP contribution in [0.4, 0.5) is 5.82 Å². The van der Waals surface area contributed by atoms with Gasteiger partial charge in [0.25, 0.3) is 5.91 Å². The molecule has 2 aromatic rings. The maximum absolute atomic E-state index is 12.0. The van der Waals surface area contributed by atoms with Crippen molar-refractivity contribution in [3.63, 3.8) is 0 Å². The molecule has 94 valence electrons. The number of nitrogens with one attached hydrogen (secondary N) is 2. The Morgan fingerprint density at radius 3 is 3.00 bits per heavy atom. The molecule has 0 aromatic carbocycles. The third kappa shape index (κ3) is 2.14. The highest BCUT2D eigenvalue weighted by molar-refractivity contribution is 14.1. The number of H-pyrrole nitrogens is 1. The van der Waals surface area contributed by atoms with Crippen LogP contribution in [0.25, 0.3) is 0 Å². The fourth-order valence-electron chi connectivity index (χ4n) is 1.92. The third-order valence-corrected chi connectivity index (χ3v) is 3.81. The molecule has 0 saturated heterocycles. The molecular formula is C11H12IN5O. The van der Waals surface area contributed by atoms with Gasteiger partial charge in [0, 0.05) is 24.7 Å². The minimum absolute atomic E-state index is 0.186. The van der Waals surface area contributed by atoms with Crippen molar-refractivity contribution in [2.45, 2.75) is 18.8 Å². The lowest BCUT2D eigenvalue weighted by molar-refractivity contribution is 0.102. The minimum atomic E-state index is -0.186. The van der Waals surface area contributed by atoms with E-state index in [1.807, 2.05) is 40.4 Å². The molecule has 0 radical (unpaired) electrons. The summed E-state index contributed by atoms with van der Waals surface area (Å²) in [6.45, 7) is 0. The van der Waals surface area contributed by atoms with E-state index in [1.54, 1.807) is 0 Å². The molecule has 1 amide bonds. The van der Waals surface area contributed by atoms with Crippen molar-refractivity contribution in [1.82, 2.24) is 20.0 Å². The Balaban J connectivity index is 1.78. The first kappa shape index (κ1) is 11.7. The SMILES string of the molecule is Cn1nc(NC(=O)c2cn[nH]c2I)cc1C1CC1. The van der Waals surface area contributed by atoms with E-state index in [0.29, 0.717) is 17.3 Å². The first-order chi connectivity index (χ1) is 8.65. The van der Waals surface area contributed by atoms with E-state index in [9.17, 15) is 4.79 Å². The molecule has 2 heterocycles. The lowest BCUT2D eigenvalue weighted by atomic mass is 10.3. The average molecular weight is 357 g/mol. The lowest BCUT2D eigenvalue weighted by Crippen LogP contribution is -2.13. The normalized spacial score (nSPS) is 14.8. The van der Waals surface area contributed by atoms with Gasteiger partial charge in [-0.3, -0.25) is 14.6 Å². The van der Waals surface area contributed by atoms with E-state index in [0.717, 1.165) is 3.70 Å². The van der Waals surface area contributed by atoms with Crippen molar-refractivity contribution in [2.75, 3.05) is 5.32 Å². The molecule has 6 nitrogen and oxygen atoms in total. The van der Waals surface area contributed by atoms with Crippen LogP contribution in [0.2, 0.25) is 0 Å². The molecule has 0 bridgehead atoms. The smallest absolute Gasteiger partial charge is 0.261 e. The second-order valence-electron chi connectivity index (χ2n) is 4.40. The van der Waals surface area contributed by atoms with Crippen molar-refractivity contribution in [1.29, 1.82) is 0 Å². The summed E-state index contributed by atoms with van der Waals surface area (Å²) < 4.78 is 2.57. The first-order valence-electron chi connectivity index (χ1n) is 5.69. The van der Waals surface area contributed by atoms with Crippen LogP contribution in [-0.2, 0) is 7.05 Å². The van der Waals surface area contributed by atoms with Crippen LogP contribution in [0.1, 0.15) is 34.8 Å². The second kappa shape index (κ2) is 4.38. The Hall–Kier alpha value is -1.38. The van der Waals surface area contributed by atoms with Gasteiger partial charge < -0.3 is 5.32 Å². The van der Waals surface area contributed by atoms with Gasteiger partial charge in [-0.1, -0.05) is 0 Å². The summed E-state index contributed by atoms with van der Waals surface area (Å²) in [6.07, 6.45) is 3.95. The quantitative estimate of drug-likeness (QED) is 0.824. The maximum atomic E-state index is 12.0. The van der Waals surface area contributed by atoms with Gasteiger partial charge in [0.05, 0.1) is 11.8 Å². The summed E-state index contributed by atoms with van der Waals surface area (Å²) >= 11 is 2.04. The van der Waals surface area contributed by atoms with Gasteiger partial charge >= 0.3 is 0 Å². The van der Waals surface area contributed by atoms with Gasteiger partial charge in [-0.2, -0.15) is 10.2 Å². The highest BCUT2D eigenvalue weighted by atomic mass is 127. The van der Waals surface area contributed by atoms with E-state index < -0.39 is 0 Å². The number of anilines is 1. The molecule has 7 heteroatoms. The summed E-state index contributed by atoms with van der Waals surface area (Å²) in [5.74, 6) is 1.03. The molecule has 2 N–H and O–H groups in total. The summed E-state index contributed by atoms with van der Waals surface area (Å²) in [5.41, 5.74) is 1.72. The zero-order valence-corrected chi connectivity index (χ0v) is 11.9. The fraction of sp³-hybridized carbons (Fsp3) is 0.364. The third-order valence-electron chi connectivity index (χ3n) is 2.99. The zero-order chi connectivity index (χ0) is 12.7. The van der Waals surface area contributed by atoms with Crippen LogP contribution in [-0.4, -0.2) is 25.9 Å². The average Bonchev–Trinajstić information content (AvgIpc) is 2.97. The highest BCUT2D eigenvalue weighted by Gasteiger charge is 2.27. The van der Waals surface area contributed by atoms with E-state index in [1.165, 1.54) is 24.7 Å². The van der Waals surface area contributed by atoms with E-state index >= 15 is 0 Å². The zero-order valence-electron chi connectivity index (χ0n) is 9.77. The van der Waals surface area contributed by atoms with Gasteiger partial charge in [0.2, 0.25) is 0 Å². The Morgan fingerprint density at radius 1 is 1.61 bits per heavy atom. The van der Waals surface area contributed by atoms with Crippen LogP contribution in [0, 0.1) is 3.70 Å². The number of amides is 1. The molecule has 1 saturated carbocycles. The van der Waals surface area contributed by atoms with Crippen LogP contribution >= 0.6 is 22.6 Å². The van der Waals surface area contributed by atoms with Gasteiger partial charge in [0.1, 0.15) is 3.70 Å². The van der Waals surface area contributed by atoms with Crippen molar-refractivity contribution in [2.24, 2.45) is 7.05 Å². The number of hydrogen-bond donors (Lipinski definition) is 2. The Labute approximate surface area is 117 Å². The predicted octanol–water partition coefficient (Wildman–Crippen LogP) is 1.88. The summed E-state index contributed by atoms with van der Waals surface area (Å²) in [5, 5.41) is 13.7. The molecule has 1 aliphatic carbocycles. The van der Waals surface area contributed by atoms with Gasteiger partial charge in [-0.15, -0.1) is 0 Å². The molecule has 1 fully saturated rings. The molecule has 1 aliphatic rings. The van der Waals surface area contributed by atoms with Gasteiger partial charge in [-0.25, -0.2) is 0 Å². The van der Waals surface area contributed by atoms with E-state index in [2.05, 4.69) is 20.6 Å². The fourth-order valence-corrected chi connectivity index (χ4v) is 2.44. The molecule has 0 aliphatic heterocycles.